The van der Waals surface area contributed by atoms with Crippen molar-refractivity contribution < 1.29 is 4.21 Å². The molecule has 0 bridgehead atoms. The third kappa shape index (κ3) is 6.07. The first kappa shape index (κ1) is 7.07. The molecule has 0 aliphatic rings. The van der Waals surface area contributed by atoms with E-state index >= 15 is 0 Å². The molecule has 0 aliphatic heterocycles. The Morgan fingerprint density at radius 1 is 1.86 bits per heavy atom. The molecule has 0 aromatic carbocycles. The molecule has 0 aliphatic carbocycles. The highest BCUT2D eigenvalue weighted by atomic mass is 32.3. The lowest BCUT2D eigenvalue weighted by atomic mass is 10.8. The molecule has 0 saturated carbocycles. The summed E-state index contributed by atoms with van der Waals surface area (Å²) in [6, 6.07) is 0. The van der Waals surface area contributed by atoms with Gasteiger partial charge in [0.05, 0.1) is 0 Å². The molecular formula is C3H12N2OS. The summed E-state index contributed by atoms with van der Waals surface area (Å²) in [5, 5.41) is 5.09. The minimum atomic E-state index is -2.42. The number of rotatable bonds is 2. The van der Waals surface area contributed by atoms with Gasteiger partial charge in [0.1, 0.15) is 0 Å². The van der Waals surface area contributed by atoms with Gasteiger partial charge in [-0.05, 0) is 10.3 Å². The Morgan fingerprint density at radius 2 is 2.29 bits per heavy atom. The van der Waals surface area contributed by atoms with Crippen LogP contribution in [0.25, 0.3) is 0 Å². The first-order valence-electron chi connectivity index (χ1n) is 2.17. The average Bonchev–Trinajstić information content (AvgIpc) is 1.30. The van der Waals surface area contributed by atoms with Crippen LogP contribution in [0.1, 0.15) is 6.92 Å². The van der Waals surface area contributed by atoms with Gasteiger partial charge >= 0.3 is 0 Å². The van der Waals surface area contributed by atoms with Crippen LogP contribution in [0, 0.1) is 0 Å². The second kappa shape index (κ2) is 2.40. The molecule has 0 rings (SSSR count). The SMILES string of the molecule is CCN[SH](C)(N)=O. The maximum Gasteiger partial charge on any atom is 0.0132 e. The van der Waals surface area contributed by atoms with Crippen molar-refractivity contribution in [2.45, 2.75) is 6.92 Å². The van der Waals surface area contributed by atoms with E-state index in [-0.39, 0.29) is 0 Å². The molecule has 0 spiro atoms. The number of nitrogens with two attached hydrogens (primary N) is 1. The van der Waals surface area contributed by atoms with Crippen LogP contribution in [0.15, 0.2) is 0 Å². The molecule has 7 heavy (non-hydrogen) atoms. The lowest BCUT2D eigenvalue weighted by Crippen LogP contribution is -2.37. The molecule has 0 unspecified atom stereocenters. The largest absolute Gasteiger partial charge is 0.263 e. The van der Waals surface area contributed by atoms with Gasteiger partial charge < -0.3 is 0 Å². The van der Waals surface area contributed by atoms with Crippen LogP contribution in [0.3, 0.4) is 0 Å². The maximum atomic E-state index is 10.5. The Labute approximate surface area is 45.0 Å². The smallest absolute Gasteiger partial charge is 0.0132 e. The Balaban J connectivity index is 3.36. The molecule has 0 fully saturated rings. The Hall–Kier alpha value is 0.0700. The summed E-state index contributed by atoms with van der Waals surface area (Å²) in [5.74, 6) is 0. The highest BCUT2D eigenvalue weighted by Gasteiger charge is 1.91. The fourth-order valence-corrected chi connectivity index (χ4v) is 0.942. The Bertz CT molecular complexity index is 86.9. The van der Waals surface area contributed by atoms with Crippen molar-refractivity contribution in [2.24, 2.45) is 5.14 Å². The highest BCUT2D eigenvalue weighted by Crippen LogP contribution is 1.73. The lowest BCUT2D eigenvalue weighted by molar-refractivity contribution is 0.665. The van der Waals surface area contributed by atoms with Crippen molar-refractivity contribution in [3.8, 4) is 0 Å². The number of hydrogen-bond acceptors (Lipinski definition) is 1. The van der Waals surface area contributed by atoms with E-state index in [1.54, 1.807) is 0 Å². The first-order chi connectivity index (χ1) is 3.06. The fourth-order valence-electron chi connectivity index (χ4n) is 0.314. The van der Waals surface area contributed by atoms with E-state index in [4.69, 9.17) is 5.14 Å². The predicted octanol–water partition coefficient (Wildman–Crippen LogP) is -0.969. The van der Waals surface area contributed by atoms with Gasteiger partial charge in [-0.15, -0.1) is 0 Å². The normalized spacial score (nSPS) is 14.1. The zero-order chi connectivity index (χ0) is 5.91. The minimum Gasteiger partial charge on any atom is -0.263 e. The van der Waals surface area contributed by atoms with Crippen molar-refractivity contribution in [1.82, 2.24) is 4.72 Å². The van der Waals surface area contributed by atoms with E-state index in [1.807, 2.05) is 6.92 Å². The maximum absolute atomic E-state index is 10.5. The van der Waals surface area contributed by atoms with Crippen LogP contribution in [-0.4, -0.2) is 17.0 Å². The van der Waals surface area contributed by atoms with Crippen LogP contribution in [0.5, 0.6) is 0 Å². The molecule has 4 heteroatoms. The van der Waals surface area contributed by atoms with Gasteiger partial charge in [-0.25, -0.2) is 4.72 Å². The second-order valence-electron chi connectivity index (χ2n) is 1.50. The summed E-state index contributed by atoms with van der Waals surface area (Å²) >= 11 is 0. The standard InChI is InChI=1S/C3H12N2OS/c1-3-5-7(2,4)6/h7H,3H2,1-2H3,(H3,4,5,6). The monoisotopic (exact) mass is 124 g/mol. The van der Waals surface area contributed by atoms with Crippen molar-refractivity contribution in [3.63, 3.8) is 0 Å². The molecule has 0 saturated heterocycles. The molecule has 46 valence electrons. The third-order valence-corrected chi connectivity index (χ3v) is 1.42. The minimum absolute atomic E-state index is 0.671. The van der Waals surface area contributed by atoms with Crippen LogP contribution in [-0.2, 0) is 10.3 Å². The fraction of sp³-hybridized carbons (Fsp3) is 1.00. The highest BCUT2D eigenvalue weighted by molar-refractivity contribution is 7.98. The summed E-state index contributed by atoms with van der Waals surface area (Å²) in [5.41, 5.74) is 0. The number of thiol groups is 1. The summed E-state index contributed by atoms with van der Waals surface area (Å²) < 4.78 is 13.1. The van der Waals surface area contributed by atoms with E-state index < -0.39 is 10.3 Å². The predicted molar refractivity (Wildman–Crippen MR) is 33.3 cm³/mol. The topological polar surface area (TPSA) is 55.1 Å². The zero-order valence-electron chi connectivity index (χ0n) is 4.64. The van der Waals surface area contributed by atoms with Gasteiger partial charge in [-0.3, -0.25) is 9.35 Å². The van der Waals surface area contributed by atoms with Crippen molar-refractivity contribution in [2.75, 3.05) is 12.8 Å². The molecule has 0 atom stereocenters. The average molecular weight is 124 g/mol. The molecule has 0 amide bonds. The molecule has 0 aromatic rings. The van der Waals surface area contributed by atoms with Gasteiger partial charge in [0.2, 0.25) is 0 Å². The third-order valence-electron chi connectivity index (χ3n) is 0.472. The number of nitrogens with one attached hydrogen (secondary N) is 1. The molecule has 0 radical (unpaired) electrons. The van der Waals surface area contributed by atoms with Gasteiger partial charge in [-0.2, -0.15) is 0 Å². The van der Waals surface area contributed by atoms with Gasteiger partial charge in [0.15, 0.2) is 0 Å². The Morgan fingerprint density at radius 3 is 2.29 bits per heavy atom. The molecule has 3 N–H and O–H groups in total. The van der Waals surface area contributed by atoms with Crippen molar-refractivity contribution in [3.05, 3.63) is 0 Å². The van der Waals surface area contributed by atoms with E-state index in [2.05, 4.69) is 4.72 Å². The number of hydrogen-bond donors (Lipinski definition) is 3. The molecule has 3 nitrogen and oxygen atoms in total. The Kier molecular flexibility index (Phi) is 2.42. The van der Waals surface area contributed by atoms with Gasteiger partial charge in [-0.1, -0.05) is 6.92 Å². The van der Waals surface area contributed by atoms with E-state index in [0.29, 0.717) is 6.54 Å². The second-order valence-corrected chi connectivity index (χ2v) is 3.80. The summed E-state index contributed by atoms with van der Waals surface area (Å²) in [6.45, 7) is 2.54. The summed E-state index contributed by atoms with van der Waals surface area (Å²) in [6.07, 6.45) is 1.50. The summed E-state index contributed by atoms with van der Waals surface area (Å²) in [7, 11) is -2.42. The van der Waals surface area contributed by atoms with Crippen LogP contribution in [0.4, 0.5) is 0 Å². The van der Waals surface area contributed by atoms with Crippen LogP contribution >= 0.6 is 0 Å². The molecule has 0 aromatic heterocycles. The van der Waals surface area contributed by atoms with E-state index in [1.165, 1.54) is 6.26 Å². The van der Waals surface area contributed by atoms with E-state index in [0.717, 1.165) is 0 Å². The van der Waals surface area contributed by atoms with Crippen LogP contribution in [0.2, 0.25) is 0 Å². The first-order valence-corrected chi connectivity index (χ1v) is 4.40. The van der Waals surface area contributed by atoms with Gasteiger partial charge in [0.25, 0.3) is 0 Å². The molecular weight excluding hydrogens is 112 g/mol. The van der Waals surface area contributed by atoms with Crippen LogP contribution < -0.4 is 9.86 Å². The van der Waals surface area contributed by atoms with Crippen molar-refractivity contribution in [1.29, 1.82) is 0 Å². The quantitative estimate of drug-likeness (QED) is 0.408. The molecule has 0 heterocycles. The van der Waals surface area contributed by atoms with Gasteiger partial charge in [0, 0.05) is 12.8 Å². The van der Waals surface area contributed by atoms with E-state index in [9.17, 15) is 4.21 Å². The zero-order valence-corrected chi connectivity index (χ0v) is 5.53. The lowest BCUT2D eigenvalue weighted by Gasteiger charge is -2.11. The van der Waals surface area contributed by atoms with Crippen molar-refractivity contribution >= 4 is 10.3 Å². The summed E-state index contributed by atoms with van der Waals surface area (Å²) in [4.78, 5) is 0.